The minimum Gasteiger partial charge on any atom is -0.449 e. The van der Waals surface area contributed by atoms with E-state index in [9.17, 15) is 18.0 Å². The highest BCUT2D eigenvalue weighted by Gasteiger charge is 2.30. The molecular formula is C23H26N2O5S. The Hall–Kier alpha value is -2.71. The lowest BCUT2D eigenvalue weighted by molar-refractivity contribution is -0.126. The molecule has 31 heavy (non-hydrogen) atoms. The van der Waals surface area contributed by atoms with Gasteiger partial charge in [0.15, 0.2) is 6.10 Å². The van der Waals surface area contributed by atoms with E-state index in [-0.39, 0.29) is 16.4 Å². The van der Waals surface area contributed by atoms with Crippen LogP contribution in [-0.2, 0) is 26.0 Å². The molecule has 0 spiro atoms. The number of amides is 1. The lowest BCUT2D eigenvalue weighted by Crippen LogP contribution is -2.42. The molecule has 7 nitrogen and oxygen atoms in total. The summed E-state index contributed by atoms with van der Waals surface area (Å²) in [5, 5.41) is 0. The summed E-state index contributed by atoms with van der Waals surface area (Å²) in [5.74, 6) is -0.926. The Balaban J connectivity index is 1.43. The molecule has 0 N–H and O–H groups in total. The van der Waals surface area contributed by atoms with Gasteiger partial charge in [0.05, 0.1) is 10.5 Å². The van der Waals surface area contributed by atoms with Crippen molar-refractivity contribution in [3.63, 3.8) is 0 Å². The molecular weight excluding hydrogens is 416 g/mol. The normalized spacial score (nSPS) is 17.8. The summed E-state index contributed by atoms with van der Waals surface area (Å²) in [7, 11) is -3.54. The Morgan fingerprint density at radius 3 is 2.32 bits per heavy atom. The van der Waals surface area contributed by atoms with E-state index in [2.05, 4.69) is 0 Å². The van der Waals surface area contributed by atoms with Crippen LogP contribution in [0.15, 0.2) is 53.4 Å². The summed E-state index contributed by atoms with van der Waals surface area (Å²) in [6.07, 6.45) is 2.54. The molecule has 4 rings (SSSR count). The molecule has 0 saturated carbocycles. The van der Waals surface area contributed by atoms with Gasteiger partial charge in [-0.1, -0.05) is 18.2 Å². The smallest absolute Gasteiger partial charge is 0.338 e. The fourth-order valence-corrected chi connectivity index (χ4v) is 5.62. The van der Waals surface area contributed by atoms with Crippen LogP contribution in [0.2, 0.25) is 0 Å². The van der Waals surface area contributed by atoms with Crippen LogP contribution < -0.4 is 4.90 Å². The van der Waals surface area contributed by atoms with Crippen LogP contribution in [0.1, 0.15) is 42.1 Å². The van der Waals surface area contributed by atoms with Crippen LogP contribution in [-0.4, -0.2) is 50.3 Å². The summed E-state index contributed by atoms with van der Waals surface area (Å²) in [6.45, 7) is 3.18. The second-order valence-electron chi connectivity index (χ2n) is 7.91. The number of esters is 1. The number of hydrogen-bond acceptors (Lipinski definition) is 5. The van der Waals surface area contributed by atoms with Gasteiger partial charge in [-0.2, -0.15) is 4.31 Å². The summed E-state index contributed by atoms with van der Waals surface area (Å²) < 4.78 is 32.1. The predicted molar refractivity (Wildman–Crippen MR) is 116 cm³/mol. The van der Waals surface area contributed by atoms with Crippen molar-refractivity contribution < 1.29 is 22.7 Å². The molecule has 0 aromatic heterocycles. The summed E-state index contributed by atoms with van der Waals surface area (Å²) in [4.78, 5) is 27.3. The number of hydrogen-bond donors (Lipinski definition) is 0. The Bertz CT molecular complexity index is 1080. The van der Waals surface area contributed by atoms with Gasteiger partial charge in [-0.15, -0.1) is 0 Å². The van der Waals surface area contributed by atoms with E-state index in [1.54, 1.807) is 11.8 Å². The molecule has 1 saturated heterocycles. The molecule has 2 aromatic rings. The number of fused-ring (bicyclic) bond motifs is 1. The van der Waals surface area contributed by atoms with Gasteiger partial charge in [0.25, 0.3) is 5.91 Å². The van der Waals surface area contributed by atoms with Gasteiger partial charge in [0.1, 0.15) is 0 Å². The Morgan fingerprint density at radius 2 is 1.61 bits per heavy atom. The lowest BCUT2D eigenvalue weighted by atomic mass is 10.0. The molecule has 2 aliphatic heterocycles. The minimum absolute atomic E-state index is 0.153. The maximum atomic E-state index is 12.9. The number of carbonyl (C=O) groups is 2. The fraction of sp³-hybridized carbons (Fsp3) is 0.391. The third-order valence-corrected chi connectivity index (χ3v) is 7.71. The second-order valence-corrected chi connectivity index (χ2v) is 9.84. The quantitative estimate of drug-likeness (QED) is 0.665. The van der Waals surface area contributed by atoms with Crippen LogP contribution in [0.4, 0.5) is 5.69 Å². The molecule has 0 radical (unpaired) electrons. The van der Waals surface area contributed by atoms with Gasteiger partial charge in [-0.25, -0.2) is 13.2 Å². The second kappa shape index (κ2) is 8.80. The number of anilines is 1. The van der Waals surface area contributed by atoms with Crippen LogP contribution in [0.5, 0.6) is 0 Å². The Morgan fingerprint density at radius 1 is 0.935 bits per heavy atom. The zero-order chi connectivity index (χ0) is 22.0. The first-order valence-electron chi connectivity index (χ1n) is 10.6. The van der Waals surface area contributed by atoms with Crippen molar-refractivity contribution in [2.75, 3.05) is 24.5 Å². The van der Waals surface area contributed by atoms with Crippen LogP contribution >= 0.6 is 0 Å². The van der Waals surface area contributed by atoms with E-state index in [0.717, 1.165) is 36.9 Å². The van der Waals surface area contributed by atoms with Crippen molar-refractivity contribution in [3.05, 3.63) is 59.7 Å². The number of rotatable bonds is 5. The van der Waals surface area contributed by atoms with Crippen LogP contribution in [0.3, 0.4) is 0 Å². The van der Waals surface area contributed by atoms with Crippen molar-refractivity contribution in [2.24, 2.45) is 0 Å². The largest absolute Gasteiger partial charge is 0.449 e. The highest BCUT2D eigenvalue weighted by molar-refractivity contribution is 7.89. The Labute approximate surface area is 182 Å². The fourth-order valence-electron chi connectivity index (χ4n) is 4.10. The molecule has 2 aromatic carbocycles. The number of nitrogens with zero attached hydrogens (tertiary/aromatic N) is 2. The SMILES string of the molecule is CC(OC(=O)c1ccc(S(=O)(=O)N2CCCC2)cc1)C(=O)N1CCCc2ccccc21. The molecule has 1 atom stereocenters. The van der Waals surface area contributed by atoms with Crippen molar-refractivity contribution in [1.29, 1.82) is 0 Å². The first kappa shape index (κ1) is 21.5. The van der Waals surface area contributed by atoms with Crippen molar-refractivity contribution in [2.45, 2.75) is 43.6 Å². The molecule has 0 bridgehead atoms. The third kappa shape index (κ3) is 4.36. The maximum absolute atomic E-state index is 12.9. The van der Waals surface area contributed by atoms with Crippen molar-refractivity contribution in [3.8, 4) is 0 Å². The number of para-hydroxylation sites is 1. The monoisotopic (exact) mass is 442 g/mol. The van der Waals surface area contributed by atoms with Crippen LogP contribution in [0, 0.1) is 0 Å². The van der Waals surface area contributed by atoms with Gasteiger partial charge in [-0.05, 0) is 68.5 Å². The van der Waals surface area contributed by atoms with Gasteiger partial charge in [-0.3, -0.25) is 4.79 Å². The molecule has 2 heterocycles. The summed E-state index contributed by atoms with van der Waals surface area (Å²) in [5.41, 5.74) is 2.17. The van der Waals surface area contributed by atoms with E-state index < -0.39 is 22.1 Å². The molecule has 164 valence electrons. The molecule has 0 aliphatic carbocycles. The molecule has 2 aliphatic rings. The predicted octanol–water partition coefficient (Wildman–Crippen LogP) is 3.00. The van der Waals surface area contributed by atoms with E-state index >= 15 is 0 Å². The topological polar surface area (TPSA) is 84.0 Å². The molecule has 1 fully saturated rings. The summed E-state index contributed by atoms with van der Waals surface area (Å²) >= 11 is 0. The zero-order valence-electron chi connectivity index (χ0n) is 17.5. The molecule has 8 heteroatoms. The van der Waals surface area contributed by atoms with Crippen molar-refractivity contribution in [1.82, 2.24) is 4.31 Å². The zero-order valence-corrected chi connectivity index (χ0v) is 18.3. The van der Waals surface area contributed by atoms with Gasteiger partial charge in [0, 0.05) is 25.3 Å². The minimum atomic E-state index is -3.54. The lowest BCUT2D eigenvalue weighted by Gasteiger charge is -2.31. The Kier molecular flexibility index (Phi) is 6.11. The number of carbonyl (C=O) groups excluding carboxylic acids is 2. The standard InChI is InChI=1S/C23H26N2O5S/c1-17(22(26)25-16-6-8-18-7-2-3-9-21(18)25)30-23(27)19-10-12-20(13-11-19)31(28,29)24-14-4-5-15-24/h2-3,7,9-13,17H,4-6,8,14-16H2,1H3. The third-order valence-electron chi connectivity index (χ3n) is 5.80. The number of benzene rings is 2. The van der Waals surface area contributed by atoms with Crippen molar-refractivity contribution >= 4 is 27.6 Å². The highest BCUT2D eigenvalue weighted by atomic mass is 32.2. The van der Waals surface area contributed by atoms with Gasteiger partial charge in [0.2, 0.25) is 10.0 Å². The number of sulfonamides is 1. The van der Waals surface area contributed by atoms with E-state index in [0.29, 0.717) is 19.6 Å². The average Bonchev–Trinajstić information content (AvgIpc) is 3.34. The highest BCUT2D eigenvalue weighted by Crippen LogP contribution is 2.28. The molecule has 1 amide bonds. The van der Waals surface area contributed by atoms with Gasteiger partial charge < -0.3 is 9.64 Å². The first-order chi connectivity index (χ1) is 14.9. The number of ether oxygens (including phenoxy) is 1. The van der Waals surface area contributed by atoms with E-state index in [4.69, 9.17) is 4.74 Å². The number of aryl methyl sites for hydroxylation is 1. The maximum Gasteiger partial charge on any atom is 0.338 e. The van der Waals surface area contributed by atoms with E-state index in [1.807, 2.05) is 24.3 Å². The molecule has 1 unspecified atom stereocenters. The van der Waals surface area contributed by atoms with E-state index in [1.165, 1.54) is 28.6 Å². The average molecular weight is 443 g/mol. The van der Waals surface area contributed by atoms with Crippen LogP contribution in [0.25, 0.3) is 0 Å². The first-order valence-corrected chi connectivity index (χ1v) is 12.0. The van der Waals surface area contributed by atoms with Gasteiger partial charge >= 0.3 is 5.97 Å². The summed E-state index contributed by atoms with van der Waals surface area (Å²) in [6, 6.07) is 13.4.